The summed E-state index contributed by atoms with van der Waals surface area (Å²) in [5, 5.41) is 2.79. The van der Waals surface area contributed by atoms with Crippen LogP contribution in [0, 0.1) is 5.82 Å². The summed E-state index contributed by atoms with van der Waals surface area (Å²) >= 11 is 0. The lowest BCUT2D eigenvalue weighted by Gasteiger charge is -2.08. The van der Waals surface area contributed by atoms with E-state index >= 15 is 0 Å². The van der Waals surface area contributed by atoms with Gasteiger partial charge in [0.1, 0.15) is 0 Å². The maximum Gasteiger partial charge on any atom is 0.220 e. The fourth-order valence-electron chi connectivity index (χ4n) is 1.66. The van der Waals surface area contributed by atoms with E-state index in [1.807, 2.05) is 6.92 Å². The van der Waals surface area contributed by atoms with E-state index in [9.17, 15) is 9.18 Å². The molecule has 1 atom stereocenters. The number of carbonyl (C=O) groups is 1. The first-order chi connectivity index (χ1) is 9.02. The number of benzene rings is 1. The minimum Gasteiger partial charge on any atom is -0.494 e. The van der Waals surface area contributed by atoms with E-state index in [0.717, 1.165) is 5.56 Å². The van der Waals surface area contributed by atoms with Gasteiger partial charge in [0.15, 0.2) is 11.6 Å². The normalized spacial score (nSPS) is 12.0. The summed E-state index contributed by atoms with van der Waals surface area (Å²) in [5.74, 6) is -0.181. The molecule has 0 saturated heterocycles. The van der Waals surface area contributed by atoms with Crippen LogP contribution < -0.4 is 15.8 Å². The molecule has 0 fully saturated rings. The topological polar surface area (TPSA) is 64.3 Å². The highest BCUT2D eigenvalue weighted by Crippen LogP contribution is 2.17. The zero-order chi connectivity index (χ0) is 14.3. The summed E-state index contributed by atoms with van der Waals surface area (Å²) in [6, 6.07) is 4.83. The first kappa shape index (κ1) is 15.4. The summed E-state index contributed by atoms with van der Waals surface area (Å²) in [4.78, 5) is 11.4. The summed E-state index contributed by atoms with van der Waals surface area (Å²) in [5.41, 5.74) is 6.40. The molecule has 19 heavy (non-hydrogen) atoms. The minimum absolute atomic E-state index is 0.0220. The Hall–Kier alpha value is -1.62. The second-order valence-corrected chi connectivity index (χ2v) is 4.58. The third-order valence-corrected chi connectivity index (χ3v) is 2.78. The predicted molar refractivity (Wildman–Crippen MR) is 72.5 cm³/mol. The van der Waals surface area contributed by atoms with Crippen LogP contribution in [0.25, 0.3) is 0 Å². The molecule has 0 saturated carbocycles. The van der Waals surface area contributed by atoms with E-state index in [0.29, 0.717) is 25.8 Å². The van der Waals surface area contributed by atoms with Crippen molar-refractivity contribution in [3.8, 4) is 5.75 Å². The minimum atomic E-state index is -0.386. The van der Waals surface area contributed by atoms with Crippen LogP contribution in [-0.4, -0.2) is 25.6 Å². The summed E-state index contributed by atoms with van der Waals surface area (Å²) in [6.45, 7) is 2.36. The number of nitrogens with two attached hydrogens (primary N) is 1. The molecule has 1 aromatic rings. The molecule has 4 nitrogen and oxygen atoms in total. The number of hydrogen-bond donors (Lipinski definition) is 2. The zero-order valence-electron chi connectivity index (χ0n) is 11.4. The Kier molecular flexibility index (Phi) is 6.29. The SMILES string of the molecule is COc1ccc(CCNC(=O)CCC(C)N)cc1F. The average molecular weight is 268 g/mol. The van der Waals surface area contributed by atoms with Crippen molar-refractivity contribution in [2.24, 2.45) is 5.73 Å². The Bertz CT molecular complexity index is 422. The van der Waals surface area contributed by atoms with Gasteiger partial charge >= 0.3 is 0 Å². The first-order valence-electron chi connectivity index (χ1n) is 6.37. The largest absolute Gasteiger partial charge is 0.494 e. The zero-order valence-corrected chi connectivity index (χ0v) is 11.4. The fraction of sp³-hybridized carbons (Fsp3) is 0.500. The summed E-state index contributed by atoms with van der Waals surface area (Å²) in [7, 11) is 1.43. The van der Waals surface area contributed by atoms with Crippen LogP contribution in [0.3, 0.4) is 0 Å². The molecule has 0 spiro atoms. The molecule has 1 amide bonds. The van der Waals surface area contributed by atoms with Crippen LogP contribution in [0.4, 0.5) is 4.39 Å². The van der Waals surface area contributed by atoms with Crippen LogP contribution in [0.5, 0.6) is 5.75 Å². The molecule has 1 unspecified atom stereocenters. The first-order valence-corrected chi connectivity index (χ1v) is 6.37. The quantitative estimate of drug-likeness (QED) is 0.790. The van der Waals surface area contributed by atoms with Crippen molar-refractivity contribution in [3.63, 3.8) is 0 Å². The lowest BCUT2D eigenvalue weighted by atomic mass is 10.1. The van der Waals surface area contributed by atoms with Crippen molar-refractivity contribution < 1.29 is 13.9 Å². The highest BCUT2D eigenvalue weighted by molar-refractivity contribution is 5.75. The Morgan fingerprint density at radius 2 is 2.26 bits per heavy atom. The molecule has 0 radical (unpaired) electrons. The third-order valence-electron chi connectivity index (χ3n) is 2.78. The number of ether oxygens (including phenoxy) is 1. The van der Waals surface area contributed by atoms with Crippen LogP contribution >= 0.6 is 0 Å². The molecule has 5 heteroatoms. The van der Waals surface area contributed by atoms with Crippen molar-refractivity contribution in [2.75, 3.05) is 13.7 Å². The lowest BCUT2D eigenvalue weighted by molar-refractivity contribution is -0.121. The molecule has 0 aliphatic heterocycles. The van der Waals surface area contributed by atoms with Gasteiger partial charge in [-0.05, 0) is 37.5 Å². The number of nitrogens with one attached hydrogen (secondary N) is 1. The molecular formula is C14H21FN2O2. The second kappa shape index (κ2) is 7.74. The van der Waals surface area contributed by atoms with Gasteiger partial charge in [0.2, 0.25) is 5.91 Å². The highest BCUT2D eigenvalue weighted by Gasteiger charge is 2.05. The number of halogens is 1. The van der Waals surface area contributed by atoms with Gasteiger partial charge in [0, 0.05) is 19.0 Å². The third kappa shape index (κ3) is 5.70. The van der Waals surface area contributed by atoms with Crippen molar-refractivity contribution in [3.05, 3.63) is 29.6 Å². The number of carbonyl (C=O) groups excluding carboxylic acids is 1. The Labute approximate surface area is 113 Å². The van der Waals surface area contributed by atoms with Crippen molar-refractivity contribution in [1.29, 1.82) is 0 Å². The molecule has 0 heterocycles. The molecule has 1 rings (SSSR count). The van der Waals surface area contributed by atoms with Gasteiger partial charge in [-0.1, -0.05) is 6.07 Å². The maximum atomic E-state index is 13.4. The smallest absolute Gasteiger partial charge is 0.220 e. The predicted octanol–water partition coefficient (Wildman–Crippen LogP) is 1.62. The van der Waals surface area contributed by atoms with E-state index < -0.39 is 0 Å². The van der Waals surface area contributed by atoms with E-state index in [1.165, 1.54) is 13.2 Å². The Morgan fingerprint density at radius 1 is 1.53 bits per heavy atom. The van der Waals surface area contributed by atoms with Crippen molar-refractivity contribution >= 4 is 5.91 Å². The highest BCUT2D eigenvalue weighted by atomic mass is 19.1. The van der Waals surface area contributed by atoms with E-state index in [1.54, 1.807) is 12.1 Å². The average Bonchev–Trinajstić information content (AvgIpc) is 2.36. The number of rotatable bonds is 7. The lowest BCUT2D eigenvalue weighted by Crippen LogP contribution is -2.27. The van der Waals surface area contributed by atoms with Crippen molar-refractivity contribution in [2.45, 2.75) is 32.2 Å². The van der Waals surface area contributed by atoms with Gasteiger partial charge in [-0.3, -0.25) is 4.79 Å². The molecule has 0 bridgehead atoms. The molecule has 0 aliphatic rings. The van der Waals surface area contributed by atoms with Crippen LogP contribution in [0.1, 0.15) is 25.3 Å². The van der Waals surface area contributed by atoms with Gasteiger partial charge in [-0.2, -0.15) is 0 Å². The number of amides is 1. The van der Waals surface area contributed by atoms with Gasteiger partial charge < -0.3 is 15.8 Å². The number of hydrogen-bond acceptors (Lipinski definition) is 3. The standard InChI is InChI=1S/C14H21FN2O2/c1-10(16)3-6-14(18)17-8-7-11-4-5-13(19-2)12(15)9-11/h4-5,9-10H,3,6-8,16H2,1-2H3,(H,17,18). The monoisotopic (exact) mass is 268 g/mol. The molecular weight excluding hydrogens is 247 g/mol. The van der Waals surface area contributed by atoms with Gasteiger partial charge in [-0.15, -0.1) is 0 Å². The summed E-state index contributed by atoms with van der Waals surface area (Å²) < 4.78 is 18.3. The maximum absolute atomic E-state index is 13.4. The van der Waals surface area contributed by atoms with Gasteiger partial charge in [0.05, 0.1) is 7.11 Å². The van der Waals surface area contributed by atoms with E-state index in [2.05, 4.69) is 5.32 Å². The molecule has 0 aliphatic carbocycles. The Balaban J connectivity index is 2.33. The number of methoxy groups -OCH3 is 1. The van der Waals surface area contributed by atoms with E-state index in [4.69, 9.17) is 10.5 Å². The molecule has 1 aromatic carbocycles. The van der Waals surface area contributed by atoms with Crippen LogP contribution in [-0.2, 0) is 11.2 Å². The second-order valence-electron chi connectivity index (χ2n) is 4.58. The fourth-order valence-corrected chi connectivity index (χ4v) is 1.66. The van der Waals surface area contributed by atoms with Crippen molar-refractivity contribution in [1.82, 2.24) is 5.32 Å². The Morgan fingerprint density at radius 3 is 2.84 bits per heavy atom. The summed E-state index contributed by atoms with van der Waals surface area (Å²) in [6.07, 6.45) is 1.68. The van der Waals surface area contributed by atoms with Gasteiger partial charge in [0.25, 0.3) is 0 Å². The molecule has 106 valence electrons. The van der Waals surface area contributed by atoms with Gasteiger partial charge in [-0.25, -0.2) is 4.39 Å². The van der Waals surface area contributed by atoms with E-state index in [-0.39, 0.29) is 23.5 Å². The van der Waals surface area contributed by atoms with Crippen LogP contribution in [0.2, 0.25) is 0 Å². The molecule has 3 N–H and O–H groups in total. The van der Waals surface area contributed by atoms with Crippen LogP contribution in [0.15, 0.2) is 18.2 Å². The molecule has 0 aromatic heterocycles.